The van der Waals surface area contributed by atoms with Crippen LogP contribution >= 0.6 is 0 Å². The quantitative estimate of drug-likeness (QED) is 0.842. The molecule has 4 nitrogen and oxygen atoms in total. The minimum Gasteiger partial charge on any atom is -0.444 e. The number of hydrogen-bond acceptors (Lipinski definition) is 3. The number of pyridine rings is 1. The highest BCUT2D eigenvalue weighted by Crippen LogP contribution is 2.20. The highest BCUT2D eigenvalue weighted by molar-refractivity contribution is 5.68. The van der Waals surface area contributed by atoms with Crippen molar-refractivity contribution in [3.63, 3.8) is 0 Å². The van der Waals surface area contributed by atoms with Gasteiger partial charge in [-0.25, -0.2) is 4.79 Å². The van der Waals surface area contributed by atoms with E-state index in [0.717, 1.165) is 22.4 Å². The number of rotatable bonds is 3. The van der Waals surface area contributed by atoms with Crippen molar-refractivity contribution >= 4 is 6.09 Å². The van der Waals surface area contributed by atoms with Crippen LogP contribution in [-0.2, 0) is 11.3 Å². The predicted molar refractivity (Wildman–Crippen MR) is 92.1 cm³/mol. The first kappa shape index (κ1) is 17.0. The van der Waals surface area contributed by atoms with Crippen LogP contribution < -0.4 is 0 Å². The van der Waals surface area contributed by atoms with Crippen molar-refractivity contribution in [2.75, 3.05) is 7.05 Å². The highest BCUT2D eigenvalue weighted by atomic mass is 16.6. The van der Waals surface area contributed by atoms with Gasteiger partial charge >= 0.3 is 6.09 Å². The van der Waals surface area contributed by atoms with Gasteiger partial charge in [-0.2, -0.15) is 0 Å². The van der Waals surface area contributed by atoms with Crippen molar-refractivity contribution in [2.24, 2.45) is 0 Å². The van der Waals surface area contributed by atoms with Gasteiger partial charge in [0.15, 0.2) is 0 Å². The van der Waals surface area contributed by atoms with Gasteiger partial charge in [0, 0.05) is 31.0 Å². The predicted octanol–water partition coefficient (Wildman–Crippen LogP) is 4.42. The summed E-state index contributed by atoms with van der Waals surface area (Å²) >= 11 is 0. The zero-order chi connectivity index (χ0) is 17.0. The van der Waals surface area contributed by atoms with E-state index in [1.807, 2.05) is 64.2 Å². The van der Waals surface area contributed by atoms with Gasteiger partial charge in [0.25, 0.3) is 0 Å². The van der Waals surface area contributed by atoms with E-state index in [1.165, 1.54) is 0 Å². The molecule has 0 radical (unpaired) electrons. The fraction of sp³-hybridized carbons (Fsp3) is 0.368. The van der Waals surface area contributed by atoms with E-state index < -0.39 is 5.60 Å². The summed E-state index contributed by atoms with van der Waals surface area (Å²) in [6.07, 6.45) is 1.56. The van der Waals surface area contributed by atoms with E-state index in [-0.39, 0.29) is 6.09 Å². The molecule has 23 heavy (non-hydrogen) atoms. The van der Waals surface area contributed by atoms with Crippen LogP contribution in [0.15, 0.2) is 42.6 Å². The Morgan fingerprint density at radius 3 is 2.22 bits per heavy atom. The number of aromatic nitrogens is 1. The number of ether oxygens (including phenoxy) is 1. The maximum atomic E-state index is 12.0. The third-order valence-electron chi connectivity index (χ3n) is 3.32. The fourth-order valence-corrected chi connectivity index (χ4v) is 2.12. The standard InChI is InChI=1S/C19H24N2O2/c1-14-6-9-17(12-20-14)16-10-7-15(8-11-16)13-21(5)18(22)23-19(2,3)4/h6-12H,13H2,1-5H3. The van der Waals surface area contributed by atoms with E-state index in [9.17, 15) is 4.79 Å². The van der Waals surface area contributed by atoms with Gasteiger partial charge < -0.3 is 9.64 Å². The van der Waals surface area contributed by atoms with Crippen LogP contribution in [0, 0.1) is 6.92 Å². The molecule has 0 atom stereocenters. The van der Waals surface area contributed by atoms with Crippen LogP contribution in [0.1, 0.15) is 32.0 Å². The highest BCUT2D eigenvalue weighted by Gasteiger charge is 2.19. The van der Waals surface area contributed by atoms with Crippen molar-refractivity contribution in [3.05, 3.63) is 53.9 Å². The Balaban J connectivity index is 2.02. The lowest BCUT2D eigenvalue weighted by Gasteiger charge is -2.24. The normalized spacial score (nSPS) is 11.2. The van der Waals surface area contributed by atoms with Crippen molar-refractivity contribution in [3.8, 4) is 11.1 Å². The molecular weight excluding hydrogens is 288 g/mol. The van der Waals surface area contributed by atoms with E-state index in [2.05, 4.69) is 11.1 Å². The molecule has 1 heterocycles. The van der Waals surface area contributed by atoms with Crippen molar-refractivity contribution < 1.29 is 9.53 Å². The van der Waals surface area contributed by atoms with Crippen LogP contribution in [0.25, 0.3) is 11.1 Å². The average Bonchev–Trinajstić information content (AvgIpc) is 2.47. The first-order valence-corrected chi connectivity index (χ1v) is 7.71. The molecule has 4 heteroatoms. The summed E-state index contributed by atoms with van der Waals surface area (Å²) in [5, 5.41) is 0. The SMILES string of the molecule is Cc1ccc(-c2ccc(CN(C)C(=O)OC(C)(C)C)cc2)cn1. The number of benzene rings is 1. The molecule has 0 aliphatic carbocycles. The average molecular weight is 312 g/mol. The van der Waals surface area contributed by atoms with Gasteiger partial charge in [-0.1, -0.05) is 30.3 Å². The van der Waals surface area contributed by atoms with Gasteiger partial charge in [-0.05, 0) is 44.9 Å². The van der Waals surface area contributed by atoms with Gasteiger partial charge in [0.1, 0.15) is 5.60 Å². The summed E-state index contributed by atoms with van der Waals surface area (Å²) in [6, 6.07) is 12.2. The van der Waals surface area contributed by atoms with Gasteiger partial charge in [0.05, 0.1) is 0 Å². The Morgan fingerprint density at radius 1 is 1.09 bits per heavy atom. The van der Waals surface area contributed by atoms with Crippen LogP contribution in [0.2, 0.25) is 0 Å². The second-order valence-electron chi connectivity index (χ2n) is 6.72. The lowest BCUT2D eigenvalue weighted by molar-refractivity contribution is 0.0285. The number of carbonyl (C=O) groups is 1. The second-order valence-corrected chi connectivity index (χ2v) is 6.72. The van der Waals surface area contributed by atoms with Crippen LogP contribution in [0.3, 0.4) is 0 Å². The molecule has 0 spiro atoms. The topological polar surface area (TPSA) is 42.4 Å². The molecule has 2 rings (SSSR count). The second kappa shape index (κ2) is 6.82. The molecule has 1 amide bonds. The molecule has 0 aliphatic rings. The third kappa shape index (κ3) is 5.09. The summed E-state index contributed by atoms with van der Waals surface area (Å²) in [7, 11) is 1.74. The fourth-order valence-electron chi connectivity index (χ4n) is 2.12. The molecule has 0 aliphatic heterocycles. The Kier molecular flexibility index (Phi) is 5.04. The maximum absolute atomic E-state index is 12.0. The first-order chi connectivity index (χ1) is 10.7. The summed E-state index contributed by atoms with van der Waals surface area (Å²) in [5.41, 5.74) is 3.78. The van der Waals surface area contributed by atoms with Gasteiger partial charge in [0.2, 0.25) is 0 Å². The molecule has 0 fully saturated rings. The van der Waals surface area contributed by atoms with E-state index in [0.29, 0.717) is 6.54 Å². The minimum atomic E-state index is -0.479. The molecule has 0 unspecified atom stereocenters. The Bertz CT molecular complexity index is 655. The van der Waals surface area contributed by atoms with Crippen LogP contribution in [-0.4, -0.2) is 28.6 Å². The third-order valence-corrected chi connectivity index (χ3v) is 3.32. The first-order valence-electron chi connectivity index (χ1n) is 7.71. The zero-order valence-corrected chi connectivity index (χ0v) is 14.5. The lowest BCUT2D eigenvalue weighted by atomic mass is 10.1. The molecule has 2 aromatic rings. The van der Waals surface area contributed by atoms with Crippen molar-refractivity contribution in [2.45, 2.75) is 39.8 Å². The van der Waals surface area contributed by atoms with E-state index in [4.69, 9.17) is 4.74 Å². The summed E-state index contributed by atoms with van der Waals surface area (Å²) in [4.78, 5) is 17.9. The summed E-state index contributed by atoms with van der Waals surface area (Å²) in [5.74, 6) is 0. The Hall–Kier alpha value is -2.36. The number of amides is 1. The maximum Gasteiger partial charge on any atom is 0.410 e. The number of carbonyl (C=O) groups excluding carboxylic acids is 1. The smallest absolute Gasteiger partial charge is 0.410 e. The molecule has 0 saturated carbocycles. The molecule has 1 aromatic heterocycles. The minimum absolute atomic E-state index is 0.315. The monoisotopic (exact) mass is 312 g/mol. The van der Waals surface area contributed by atoms with E-state index >= 15 is 0 Å². The van der Waals surface area contributed by atoms with Gasteiger partial charge in [-0.3, -0.25) is 4.98 Å². The van der Waals surface area contributed by atoms with E-state index in [1.54, 1.807) is 11.9 Å². The largest absolute Gasteiger partial charge is 0.444 e. The Labute approximate surface area is 138 Å². The van der Waals surface area contributed by atoms with Crippen molar-refractivity contribution in [1.29, 1.82) is 0 Å². The van der Waals surface area contributed by atoms with Crippen molar-refractivity contribution in [1.82, 2.24) is 9.88 Å². The lowest BCUT2D eigenvalue weighted by Crippen LogP contribution is -2.33. The van der Waals surface area contributed by atoms with Crippen LogP contribution in [0.5, 0.6) is 0 Å². The molecule has 122 valence electrons. The molecule has 1 aromatic carbocycles. The number of aryl methyl sites for hydroxylation is 1. The Morgan fingerprint density at radius 2 is 1.70 bits per heavy atom. The molecule has 0 N–H and O–H groups in total. The molecule has 0 saturated heterocycles. The summed E-state index contributed by atoms with van der Waals surface area (Å²) < 4.78 is 5.35. The summed E-state index contributed by atoms with van der Waals surface area (Å²) in [6.45, 7) is 8.08. The molecule has 0 bridgehead atoms. The number of nitrogens with zero attached hydrogens (tertiary/aromatic N) is 2. The van der Waals surface area contributed by atoms with Gasteiger partial charge in [-0.15, -0.1) is 0 Å². The zero-order valence-electron chi connectivity index (χ0n) is 14.5. The number of hydrogen-bond donors (Lipinski definition) is 0. The van der Waals surface area contributed by atoms with Crippen LogP contribution in [0.4, 0.5) is 4.79 Å². The molecular formula is C19H24N2O2.